The SMILES string of the molecule is c1ccc(COC[C@H]2O[C@@H](O[C@H]3[C@@H](OCc4ccccc4)[C@@H]4OC[C@H]3O4)[C@H](OCc3ccccc3)[C@@H](OCc3ccccc3)[C@H]2OCc2ccccc2)cc1. The highest BCUT2D eigenvalue weighted by molar-refractivity contribution is 5.17. The molecule has 0 amide bonds. The van der Waals surface area contributed by atoms with Crippen molar-refractivity contribution in [1.82, 2.24) is 0 Å². The highest BCUT2D eigenvalue weighted by Crippen LogP contribution is 2.38. The minimum Gasteiger partial charge on any atom is -0.374 e. The Morgan fingerprint density at radius 1 is 0.418 bits per heavy atom. The molecule has 5 aromatic carbocycles. The lowest BCUT2D eigenvalue weighted by Crippen LogP contribution is -2.63. The second-order valence-corrected chi connectivity index (χ2v) is 14.1. The zero-order valence-electron chi connectivity index (χ0n) is 30.8. The molecule has 55 heavy (non-hydrogen) atoms. The van der Waals surface area contributed by atoms with E-state index >= 15 is 0 Å². The number of ether oxygens (including phenoxy) is 9. The Morgan fingerprint density at radius 2 is 0.836 bits per heavy atom. The smallest absolute Gasteiger partial charge is 0.187 e. The molecule has 0 N–H and O–H groups in total. The quantitative estimate of drug-likeness (QED) is 0.0912. The van der Waals surface area contributed by atoms with Gasteiger partial charge in [-0.25, -0.2) is 0 Å². The Bertz CT molecular complexity index is 1830. The monoisotopic (exact) mass is 744 g/mol. The molecule has 286 valence electrons. The van der Waals surface area contributed by atoms with Crippen molar-refractivity contribution in [2.75, 3.05) is 13.2 Å². The van der Waals surface area contributed by atoms with E-state index in [2.05, 4.69) is 12.1 Å². The van der Waals surface area contributed by atoms with E-state index in [1.807, 2.05) is 140 Å². The van der Waals surface area contributed by atoms with E-state index in [-0.39, 0.29) is 12.7 Å². The normalized spacial score (nSPS) is 27.3. The molecule has 3 saturated heterocycles. The third kappa shape index (κ3) is 9.95. The van der Waals surface area contributed by atoms with Crippen LogP contribution in [0.5, 0.6) is 0 Å². The highest BCUT2D eigenvalue weighted by atomic mass is 16.8. The van der Waals surface area contributed by atoms with Gasteiger partial charge in [-0.1, -0.05) is 152 Å². The third-order valence-corrected chi connectivity index (χ3v) is 10.1. The van der Waals surface area contributed by atoms with E-state index in [9.17, 15) is 0 Å². The van der Waals surface area contributed by atoms with Gasteiger partial charge in [0.25, 0.3) is 0 Å². The molecule has 3 aliphatic rings. The Kier molecular flexibility index (Phi) is 13.0. The minimum atomic E-state index is -0.887. The van der Waals surface area contributed by atoms with E-state index in [4.69, 9.17) is 42.6 Å². The second kappa shape index (κ2) is 19.1. The fraction of sp³-hybridized carbons (Fsp3) is 0.348. The lowest BCUT2D eigenvalue weighted by Gasteiger charge is -2.47. The molecule has 0 spiro atoms. The first-order valence-corrected chi connectivity index (χ1v) is 19.1. The van der Waals surface area contributed by atoms with E-state index in [0.29, 0.717) is 39.6 Å². The summed E-state index contributed by atoms with van der Waals surface area (Å²) in [5.41, 5.74) is 5.18. The van der Waals surface area contributed by atoms with Gasteiger partial charge in [-0.3, -0.25) is 0 Å². The number of rotatable bonds is 18. The summed E-state index contributed by atoms with van der Waals surface area (Å²) < 4.78 is 59.5. The third-order valence-electron chi connectivity index (χ3n) is 10.1. The van der Waals surface area contributed by atoms with Crippen molar-refractivity contribution in [3.8, 4) is 0 Å². The van der Waals surface area contributed by atoms with Gasteiger partial charge in [0.2, 0.25) is 0 Å². The van der Waals surface area contributed by atoms with Gasteiger partial charge < -0.3 is 42.6 Å². The van der Waals surface area contributed by atoms with Crippen molar-refractivity contribution < 1.29 is 42.6 Å². The van der Waals surface area contributed by atoms with Crippen LogP contribution in [0.1, 0.15) is 27.8 Å². The molecule has 0 saturated carbocycles. The summed E-state index contributed by atoms with van der Waals surface area (Å²) in [7, 11) is 0. The van der Waals surface area contributed by atoms with E-state index in [1.165, 1.54) is 0 Å². The topological polar surface area (TPSA) is 83.1 Å². The number of hydrogen-bond acceptors (Lipinski definition) is 9. The van der Waals surface area contributed by atoms with Crippen LogP contribution in [0, 0.1) is 0 Å². The van der Waals surface area contributed by atoms with Gasteiger partial charge in [-0.15, -0.1) is 0 Å². The molecule has 9 atom stereocenters. The zero-order chi connectivity index (χ0) is 37.1. The lowest BCUT2D eigenvalue weighted by molar-refractivity contribution is -0.344. The molecule has 0 unspecified atom stereocenters. The minimum absolute atomic E-state index is 0.231. The van der Waals surface area contributed by atoms with Crippen LogP contribution in [0.15, 0.2) is 152 Å². The van der Waals surface area contributed by atoms with Gasteiger partial charge in [-0.05, 0) is 27.8 Å². The summed E-state index contributed by atoms with van der Waals surface area (Å²) in [6, 6.07) is 50.4. The van der Waals surface area contributed by atoms with Crippen molar-refractivity contribution in [2.45, 2.75) is 88.3 Å². The van der Waals surface area contributed by atoms with Crippen molar-refractivity contribution >= 4 is 0 Å². The fourth-order valence-electron chi connectivity index (χ4n) is 7.27. The fourth-order valence-corrected chi connectivity index (χ4v) is 7.27. The van der Waals surface area contributed by atoms with Crippen molar-refractivity contribution in [3.63, 3.8) is 0 Å². The average Bonchev–Trinajstić information content (AvgIpc) is 3.85. The highest BCUT2D eigenvalue weighted by Gasteiger charge is 2.56. The van der Waals surface area contributed by atoms with Crippen molar-refractivity contribution in [2.24, 2.45) is 0 Å². The van der Waals surface area contributed by atoms with Crippen LogP contribution in [-0.4, -0.2) is 68.5 Å². The summed E-state index contributed by atoms with van der Waals surface area (Å²) in [5.74, 6) is 0. The van der Waals surface area contributed by atoms with Crippen LogP contribution in [0.4, 0.5) is 0 Å². The maximum Gasteiger partial charge on any atom is 0.187 e. The maximum atomic E-state index is 7.01. The molecular formula is C46H48O9. The second-order valence-electron chi connectivity index (χ2n) is 14.1. The summed E-state index contributed by atoms with van der Waals surface area (Å²) >= 11 is 0. The molecule has 0 aromatic heterocycles. The summed E-state index contributed by atoms with van der Waals surface area (Å²) in [6.07, 6.45) is -5.23. The molecule has 8 rings (SSSR count). The molecule has 3 heterocycles. The first-order valence-electron chi connectivity index (χ1n) is 19.1. The molecule has 9 heteroatoms. The first kappa shape index (κ1) is 37.7. The van der Waals surface area contributed by atoms with E-state index in [1.54, 1.807) is 0 Å². The van der Waals surface area contributed by atoms with Crippen LogP contribution in [-0.2, 0) is 75.7 Å². The predicted molar refractivity (Wildman–Crippen MR) is 204 cm³/mol. The summed E-state index contributed by atoms with van der Waals surface area (Å²) in [4.78, 5) is 0. The molecule has 9 nitrogen and oxygen atoms in total. The Labute approximate surface area is 323 Å². The number of benzene rings is 5. The van der Waals surface area contributed by atoms with Gasteiger partial charge >= 0.3 is 0 Å². The van der Waals surface area contributed by atoms with Crippen LogP contribution in [0.2, 0.25) is 0 Å². The maximum absolute atomic E-state index is 7.01. The van der Waals surface area contributed by atoms with E-state index < -0.39 is 49.2 Å². The number of fused-ring (bicyclic) bond motifs is 2. The molecule has 5 aromatic rings. The van der Waals surface area contributed by atoms with Gasteiger partial charge in [0.05, 0.1) is 46.2 Å². The largest absolute Gasteiger partial charge is 0.374 e. The zero-order valence-corrected chi connectivity index (χ0v) is 30.8. The Hall–Kier alpha value is -4.26. The molecule has 0 aliphatic carbocycles. The summed E-state index contributed by atoms with van der Waals surface area (Å²) in [6.45, 7) is 2.41. The molecular weight excluding hydrogens is 696 g/mol. The van der Waals surface area contributed by atoms with Crippen LogP contribution >= 0.6 is 0 Å². The van der Waals surface area contributed by atoms with Crippen molar-refractivity contribution in [3.05, 3.63) is 179 Å². The van der Waals surface area contributed by atoms with Crippen LogP contribution in [0.3, 0.4) is 0 Å². The Balaban J connectivity index is 1.10. The van der Waals surface area contributed by atoms with Gasteiger partial charge in [0.1, 0.15) is 42.7 Å². The predicted octanol–water partition coefficient (Wildman–Crippen LogP) is 7.41. The molecule has 3 fully saturated rings. The molecule has 2 bridgehead atoms. The van der Waals surface area contributed by atoms with Crippen LogP contribution in [0.25, 0.3) is 0 Å². The average molecular weight is 745 g/mol. The van der Waals surface area contributed by atoms with Gasteiger partial charge in [-0.2, -0.15) is 0 Å². The molecule has 0 radical (unpaired) electrons. The van der Waals surface area contributed by atoms with Gasteiger partial charge in [0.15, 0.2) is 12.6 Å². The van der Waals surface area contributed by atoms with Crippen LogP contribution < -0.4 is 0 Å². The van der Waals surface area contributed by atoms with Gasteiger partial charge in [0, 0.05) is 0 Å². The standard InChI is InChI=1S/C46H48O9/c1-6-16-33(17-7-1)26-47-31-38-40(48-27-34-18-8-2-9-19-34)42(49-28-35-20-10-3-11-21-35)44(51-30-37-24-14-5-15-25-37)46(54-38)55-41-39-32-52-45(53-39)43(41)50-29-36-22-12-4-13-23-36/h1-25,38-46H,26-32H2/t38-,39-,40+,41-,42+,43-,44-,45-,46+/m1/s1. The lowest BCUT2D eigenvalue weighted by atomic mass is 9.97. The van der Waals surface area contributed by atoms with Crippen molar-refractivity contribution in [1.29, 1.82) is 0 Å². The summed E-state index contributed by atoms with van der Waals surface area (Å²) in [5, 5.41) is 0. The number of hydrogen-bond donors (Lipinski definition) is 0. The molecule has 3 aliphatic heterocycles. The Morgan fingerprint density at radius 3 is 1.33 bits per heavy atom. The van der Waals surface area contributed by atoms with E-state index in [0.717, 1.165) is 27.8 Å². The first-order chi connectivity index (χ1) is 27.3.